The molecule has 35 heavy (non-hydrogen) atoms. The summed E-state index contributed by atoms with van der Waals surface area (Å²) in [5, 5.41) is 9.28. The lowest BCUT2D eigenvalue weighted by molar-refractivity contribution is -0.140. The van der Waals surface area contributed by atoms with Crippen molar-refractivity contribution in [1.82, 2.24) is 14.7 Å². The van der Waals surface area contributed by atoms with E-state index in [4.69, 9.17) is 5.73 Å². The topological polar surface area (TPSA) is 93.7 Å². The van der Waals surface area contributed by atoms with E-state index in [0.717, 1.165) is 17.5 Å². The zero-order valence-corrected chi connectivity index (χ0v) is 19.2. The molecule has 0 radical (unpaired) electrons. The first-order valence-corrected chi connectivity index (χ1v) is 11.9. The van der Waals surface area contributed by atoms with Crippen molar-refractivity contribution in [3.63, 3.8) is 0 Å². The summed E-state index contributed by atoms with van der Waals surface area (Å²) in [7, 11) is 0. The minimum atomic E-state index is -0.811. The average molecular weight is 480 g/mol. The summed E-state index contributed by atoms with van der Waals surface area (Å²) < 4.78 is 27.2. The smallest absolute Gasteiger partial charge is 0.241 e. The number of benzene rings is 2. The fourth-order valence-corrected chi connectivity index (χ4v) is 5.74. The number of hydrogen-bond donors (Lipinski definition) is 1. The average Bonchev–Trinajstić information content (AvgIpc) is 3.57. The predicted molar refractivity (Wildman–Crippen MR) is 124 cm³/mol. The normalized spacial score (nSPS) is 24.9. The van der Waals surface area contributed by atoms with Gasteiger partial charge in [-0.1, -0.05) is 24.3 Å². The molecular formula is C26H27F2N5O2. The van der Waals surface area contributed by atoms with Crippen molar-refractivity contribution >= 4 is 11.8 Å². The molecule has 3 aliphatic heterocycles. The van der Waals surface area contributed by atoms with Crippen LogP contribution in [0.1, 0.15) is 36.4 Å². The monoisotopic (exact) mass is 479 g/mol. The lowest BCUT2D eigenvalue weighted by atomic mass is 9.96. The van der Waals surface area contributed by atoms with Gasteiger partial charge in [-0.05, 0) is 54.7 Å². The maximum Gasteiger partial charge on any atom is 0.241 e. The fourth-order valence-electron chi connectivity index (χ4n) is 5.74. The Hall–Kier alpha value is -3.35. The Labute approximate surface area is 202 Å². The zero-order valence-electron chi connectivity index (χ0n) is 19.2. The number of fused-ring (bicyclic) bond motifs is 2. The second-order valence-electron chi connectivity index (χ2n) is 9.54. The van der Waals surface area contributed by atoms with Crippen LogP contribution in [0.25, 0.3) is 0 Å². The molecule has 3 aliphatic rings. The van der Waals surface area contributed by atoms with Gasteiger partial charge in [0.15, 0.2) is 0 Å². The van der Waals surface area contributed by atoms with Crippen molar-refractivity contribution < 1.29 is 18.4 Å². The van der Waals surface area contributed by atoms with Crippen LogP contribution in [-0.2, 0) is 9.59 Å². The van der Waals surface area contributed by atoms with E-state index < -0.39 is 24.2 Å². The number of carbonyl (C=O) groups excluding carboxylic acids is 2. The first-order chi connectivity index (χ1) is 16.9. The number of nitrogens with two attached hydrogens (primary N) is 1. The van der Waals surface area contributed by atoms with E-state index in [0.29, 0.717) is 25.9 Å². The summed E-state index contributed by atoms with van der Waals surface area (Å²) in [6, 6.07) is 11.9. The third-order valence-electron chi connectivity index (χ3n) is 7.40. The van der Waals surface area contributed by atoms with Gasteiger partial charge in [0.2, 0.25) is 11.8 Å². The molecule has 3 saturated heterocycles. The summed E-state index contributed by atoms with van der Waals surface area (Å²) in [6.45, 7) is 1.32. The number of likely N-dealkylation sites (tertiary alicyclic amines) is 3. The van der Waals surface area contributed by atoms with Crippen molar-refractivity contribution in [3.05, 3.63) is 71.3 Å². The number of halogens is 2. The number of hydrogen-bond acceptors (Lipinski definition) is 5. The minimum Gasteiger partial charge on any atom is -0.326 e. The van der Waals surface area contributed by atoms with E-state index in [2.05, 4.69) is 6.07 Å². The van der Waals surface area contributed by atoms with Crippen LogP contribution in [0.15, 0.2) is 48.5 Å². The largest absolute Gasteiger partial charge is 0.326 e. The van der Waals surface area contributed by atoms with Gasteiger partial charge in [-0.15, -0.1) is 0 Å². The van der Waals surface area contributed by atoms with Crippen molar-refractivity contribution in [2.24, 2.45) is 5.73 Å². The highest BCUT2D eigenvalue weighted by Crippen LogP contribution is 2.41. The van der Waals surface area contributed by atoms with Gasteiger partial charge in [0, 0.05) is 25.7 Å². The Kier molecular flexibility index (Phi) is 6.26. The molecular weight excluding hydrogens is 452 g/mol. The Morgan fingerprint density at radius 2 is 1.69 bits per heavy atom. The van der Waals surface area contributed by atoms with Crippen LogP contribution >= 0.6 is 0 Å². The predicted octanol–water partition coefficient (Wildman–Crippen LogP) is 2.18. The van der Waals surface area contributed by atoms with E-state index in [1.165, 1.54) is 24.3 Å². The molecule has 5 rings (SSSR count). The highest BCUT2D eigenvalue weighted by atomic mass is 19.1. The van der Waals surface area contributed by atoms with Gasteiger partial charge in [0.05, 0.1) is 24.2 Å². The molecule has 2 N–H and O–H groups in total. The molecule has 2 amide bonds. The van der Waals surface area contributed by atoms with Crippen molar-refractivity contribution in [1.29, 1.82) is 5.26 Å². The summed E-state index contributed by atoms with van der Waals surface area (Å²) in [5.41, 5.74) is 7.73. The highest BCUT2D eigenvalue weighted by molar-refractivity contribution is 5.87. The second kappa shape index (κ2) is 9.36. The lowest BCUT2D eigenvalue weighted by Gasteiger charge is -2.40. The second-order valence-corrected chi connectivity index (χ2v) is 9.54. The standard InChI is InChI=1S/C26H27F2N5O2/c27-18-7-3-16(4-8-18)24(17-5-9-19(28)10-6-17)33-21-12-23(26(33)35)31(14-21)15-22(30)25(34)32-11-1-2-20(32)13-29/h3-10,20-24H,1-2,11-12,14-15,30H2/t20-,21?,22-,23+/m0/s1. The SMILES string of the molecule is N#C[C@@H]1CCCN1C(=O)[C@@H](N)CN1CC2C[C@@H]1C(=O)N2C(c1ccc(F)cc1)c1ccc(F)cc1. The van der Waals surface area contributed by atoms with Crippen LogP contribution in [0, 0.1) is 23.0 Å². The van der Waals surface area contributed by atoms with Gasteiger partial charge in [-0.25, -0.2) is 8.78 Å². The van der Waals surface area contributed by atoms with Crippen molar-refractivity contribution in [2.45, 2.75) is 49.5 Å². The summed E-state index contributed by atoms with van der Waals surface area (Å²) in [5.74, 6) is -1.09. The lowest BCUT2D eigenvalue weighted by Crippen LogP contribution is -2.57. The van der Waals surface area contributed by atoms with E-state index in [-0.39, 0.29) is 36.0 Å². The Balaban J connectivity index is 1.34. The van der Waals surface area contributed by atoms with Crippen molar-refractivity contribution in [3.8, 4) is 6.07 Å². The van der Waals surface area contributed by atoms with Crippen molar-refractivity contribution in [2.75, 3.05) is 19.6 Å². The number of nitriles is 1. The number of piperazine rings is 1. The number of rotatable bonds is 6. The fraction of sp³-hybridized carbons (Fsp3) is 0.423. The third kappa shape index (κ3) is 4.28. The quantitative estimate of drug-likeness (QED) is 0.686. The Bertz CT molecular complexity index is 1100. The number of amides is 2. The van der Waals surface area contributed by atoms with E-state index in [1.54, 1.807) is 34.1 Å². The molecule has 0 saturated carbocycles. The van der Waals surface area contributed by atoms with Crippen LogP contribution in [0.5, 0.6) is 0 Å². The first kappa shape index (κ1) is 23.4. The third-order valence-corrected chi connectivity index (χ3v) is 7.40. The summed E-state index contributed by atoms with van der Waals surface area (Å²) in [6.07, 6.45) is 2.04. The molecule has 0 aromatic heterocycles. The number of carbonyl (C=O) groups is 2. The molecule has 7 nitrogen and oxygen atoms in total. The van der Waals surface area contributed by atoms with Gasteiger partial charge >= 0.3 is 0 Å². The maximum atomic E-state index is 13.6. The molecule has 2 bridgehead atoms. The van der Waals surface area contributed by atoms with Gasteiger partial charge in [-0.2, -0.15) is 5.26 Å². The van der Waals surface area contributed by atoms with E-state index in [9.17, 15) is 23.6 Å². The molecule has 0 spiro atoms. The Morgan fingerprint density at radius 1 is 1.09 bits per heavy atom. The van der Waals surface area contributed by atoms with Gasteiger partial charge in [-0.3, -0.25) is 14.5 Å². The zero-order chi connectivity index (χ0) is 24.7. The molecule has 3 heterocycles. The maximum absolute atomic E-state index is 13.6. The van der Waals surface area contributed by atoms with Crippen LogP contribution in [0.2, 0.25) is 0 Å². The van der Waals surface area contributed by atoms with Gasteiger partial charge in [0.1, 0.15) is 17.7 Å². The molecule has 3 fully saturated rings. The minimum absolute atomic E-state index is 0.0874. The van der Waals surface area contributed by atoms with Crippen LogP contribution in [-0.4, -0.2) is 70.3 Å². The van der Waals surface area contributed by atoms with Crippen LogP contribution in [0.3, 0.4) is 0 Å². The molecule has 2 aromatic carbocycles. The molecule has 4 atom stereocenters. The molecule has 1 unspecified atom stereocenters. The van der Waals surface area contributed by atoms with E-state index in [1.807, 2.05) is 4.90 Å². The van der Waals surface area contributed by atoms with Gasteiger partial charge in [0.25, 0.3) is 0 Å². The summed E-state index contributed by atoms with van der Waals surface area (Å²) in [4.78, 5) is 31.7. The molecule has 0 aliphatic carbocycles. The van der Waals surface area contributed by atoms with E-state index >= 15 is 0 Å². The molecule has 9 heteroatoms. The van der Waals surface area contributed by atoms with Crippen LogP contribution in [0.4, 0.5) is 8.78 Å². The van der Waals surface area contributed by atoms with Crippen LogP contribution < -0.4 is 5.73 Å². The first-order valence-electron chi connectivity index (χ1n) is 11.9. The Morgan fingerprint density at radius 3 is 2.23 bits per heavy atom. The number of nitrogens with zero attached hydrogens (tertiary/aromatic N) is 4. The molecule has 2 aromatic rings. The van der Waals surface area contributed by atoms with Gasteiger partial charge < -0.3 is 15.5 Å². The summed E-state index contributed by atoms with van der Waals surface area (Å²) >= 11 is 0. The molecule has 182 valence electrons. The highest BCUT2D eigenvalue weighted by Gasteiger charge is 2.52.